The van der Waals surface area contributed by atoms with Crippen molar-refractivity contribution in [1.82, 2.24) is 15.3 Å². The van der Waals surface area contributed by atoms with Crippen LogP contribution in [0.2, 0.25) is 0 Å². The van der Waals surface area contributed by atoms with E-state index in [1.54, 1.807) is 6.33 Å². The van der Waals surface area contributed by atoms with Gasteiger partial charge in [0.1, 0.15) is 6.04 Å². The van der Waals surface area contributed by atoms with Crippen LogP contribution in [0.4, 0.5) is 0 Å². The number of aromatic nitrogens is 2. The summed E-state index contributed by atoms with van der Waals surface area (Å²) in [5.41, 5.74) is 6.51. The van der Waals surface area contributed by atoms with Gasteiger partial charge in [-0.25, -0.2) is 4.98 Å². The number of aromatic amines is 1. The van der Waals surface area contributed by atoms with E-state index in [1.807, 2.05) is 6.20 Å². The molecule has 0 saturated heterocycles. The summed E-state index contributed by atoms with van der Waals surface area (Å²) < 4.78 is 0. The number of hydrogen-bond acceptors (Lipinski definition) is 4. The van der Waals surface area contributed by atoms with Crippen molar-refractivity contribution in [1.29, 1.82) is 0 Å². The molecule has 1 aromatic heterocycles. The Hall–Kier alpha value is -0.820. The third-order valence-electron chi connectivity index (χ3n) is 2.56. The normalized spacial score (nSPS) is 11.2. The van der Waals surface area contributed by atoms with Gasteiger partial charge < -0.3 is 21.1 Å². The topological polar surface area (TPSA) is 104 Å². The number of imidazole rings is 1. The second kappa shape index (κ2) is 12.2. The first kappa shape index (κ1) is 20.5. The highest BCUT2D eigenvalue weighted by atomic mass is 35.5. The Labute approximate surface area is 125 Å². The number of nitrogens with zero attached hydrogens (tertiary/aromatic N) is 1. The Kier molecular flexibility index (Phi) is 13.2. The highest BCUT2D eigenvalue weighted by molar-refractivity contribution is 5.85. The molecule has 5 N–H and O–H groups in total. The summed E-state index contributed by atoms with van der Waals surface area (Å²) in [4.78, 5) is 17.4. The predicted molar refractivity (Wildman–Crippen MR) is 79.1 cm³/mol. The number of aliphatic carboxylic acids is 1. The van der Waals surface area contributed by atoms with Crippen molar-refractivity contribution >= 4 is 30.8 Å². The first-order valence-corrected chi connectivity index (χ1v) is 5.86. The van der Waals surface area contributed by atoms with E-state index < -0.39 is 12.0 Å². The first-order valence-electron chi connectivity index (χ1n) is 5.86. The average molecular weight is 313 g/mol. The van der Waals surface area contributed by atoms with Gasteiger partial charge >= 0.3 is 5.97 Å². The van der Waals surface area contributed by atoms with Crippen LogP contribution in [-0.4, -0.2) is 40.2 Å². The van der Waals surface area contributed by atoms with Crippen LogP contribution in [-0.2, 0) is 11.2 Å². The molecule has 0 amide bonds. The number of nitrogens with two attached hydrogens (primary N) is 1. The lowest BCUT2D eigenvalue weighted by molar-refractivity contribution is -0.138. The molecule has 0 aromatic carbocycles. The van der Waals surface area contributed by atoms with E-state index in [0.717, 1.165) is 38.0 Å². The summed E-state index contributed by atoms with van der Waals surface area (Å²) in [5.74, 6) is -0.919. The summed E-state index contributed by atoms with van der Waals surface area (Å²) in [6.07, 6.45) is 6.73. The van der Waals surface area contributed by atoms with Crippen LogP contribution in [0.5, 0.6) is 0 Å². The van der Waals surface area contributed by atoms with Crippen LogP contribution >= 0.6 is 24.8 Å². The van der Waals surface area contributed by atoms with Gasteiger partial charge in [0.05, 0.1) is 6.33 Å². The fourth-order valence-electron chi connectivity index (χ4n) is 1.51. The Balaban J connectivity index is 0. The summed E-state index contributed by atoms with van der Waals surface area (Å²) in [7, 11) is 0. The number of carboxylic acids is 1. The fourth-order valence-corrected chi connectivity index (χ4v) is 1.51. The van der Waals surface area contributed by atoms with Crippen molar-refractivity contribution < 1.29 is 9.90 Å². The van der Waals surface area contributed by atoms with Crippen molar-refractivity contribution in [2.75, 3.05) is 13.1 Å². The van der Waals surface area contributed by atoms with Crippen molar-refractivity contribution in [3.05, 3.63) is 18.2 Å². The van der Waals surface area contributed by atoms with Gasteiger partial charge in [-0.15, -0.1) is 24.8 Å². The summed E-state index contributed by atoms with van der Waals surface area (Å²) in [6.45, 7) is 1.79. The average Bonchev–Trinajstić information content (AvgIpc) is 2.80. The van der Waals surface area contributed by atoms with Crippen molar-refractivity contribution in [3.63, 3.8) is 0 Å². The molecule has 0 saturated carbocycles. The Bertz CT molecular complexity index is 323. The van der Waals surface area contributed by atoms with E-state index in [4.69, 9.17) is 10.8 Å². The van der Waals surface area contributed by atoms with E-state index in [9.17, 15) is 4.79 Å². The number of halogens is 2. The summed E-state index contributed by atoms with van der Waals surface area (Å²) in [6, 6.07) is -0.722. The lowest BCUT2D eigenvalue weighted by atomic mass is 10.1. The van der Waals surface area contributed by atoms with E-state index >= 15 is 0 Å². The monoisotopic (exact) mass is 312 g/mol. The number of hydrogen-bond donors (Lipinski definition) is 4. The molecule has 1 heterocycles. The minimum Gasteiger partial charge on any atom is -0.480 e. The zero-order valence-corrected chi connectivity index (χ0v) is 12.3. The molecule has 0 aliphatic carbocycles. The Morgan fingerprint density at radius 2 is 2.16 bits per heavy atom. The van der Waals surface area contributed by atoms with Gasteiger partial charge in [-0.05, 0) is 19.4 Å². The molecule has 0 unspecified atom stereocenters. The van der Waals surface area contributed by atoms with Crippen molar-refractivity contribution in [3.8, 4) is 0 Å². The predicted octanol–water partition coefficient (Wildman–Crippen LogP) is 0.968. The van der Waals surface area contributed by atoms with Crippen LogP contribution in [0.15, 0.2) is 12.5 Å². The van der Waals surface area contributed by atoms with Crippen LogP contribution in [0.3, 0.4) is 0 Å². The molecule has 0 spiro atoms. The standard InChI is InChI=1S/C11H20N4O2.2ClH/c12-10(11(16)17)3-1-2-5-13-6-4-9-7-14-8-15-9;;/h7-8,10,13H,1-6,12H2,(H,14,15)(H,16,17);2*1H/t10-;;/m0../s1. The molecule has 6 nitrogen and oxygen atoms in total. The SMILES string of the molecule is Cl.Cl.N[C@@H](CCCCNCCc1cnc[nH]1)C(=O)O. The van der Waals surface area contributed by atoms with Crippen LogP contribution in [0.25, 0.3) is 0 Å². The van der Waals surface area contributed by atoms with Crippen LogP contribution < -0.4 is 11.1 Å². The van der Waals surface area contributed by atoms with Gasteiger partial charge in [0.2, 0.25) is 0 Å². The number of rotatable bonds is 9. The maximum Gasteiger partial charge on any atom is 0.320 e. The van der Waals surface area contributed by atoms with Gasteiger partial charge in [0.25, 0.3) is 0 Å². The molecule has 0 bridgehead atoms. The van der Waals surface area contributed by atoms with Crippen molar-refractivity contribution in [2.45, 2.75) is 31.7 Å². The second-order valence-corrected chi connectivity index (χ2v) is 4.02. The maximum absolute atomic E-state index is 10.4. The zero-order chi connectivity index (χ0) is 12.5. The minimum absolute atomic E-state index is 0. The molecular weight excluding hydrogens is 291 g/mol. The lowest BCUT2D eigenvalue weighted by Gasteiger charge is -2.06. The lowest BCUT2D eigenvalue weighted by Crippen LogP contribution is -2.30. The Morgan fingerprint density at radius 3 is 2.74 bits per heavy atom. The number of carboxylic acid groups (broad SMARTS) is 1. The molecule has 0 aliphatic heterocycles. The molecule has 0 radical (unpaired) electrons. The summed E-state index contributed by atoms with van der Waals surface area (Å²) >= 11 is 0. The number of H-pyrrole nitrogens is 1. The van der Waals surface area contributed by atoms with Crippen molar-refractivity contribution in [2.24, 2.45) is 5.73 Å². The number of unbranched alkanes of at least 4 members (excludes halogenated alkanes) is 1. The fraction of sp³-hybridized carbons (Fsp3) is 0.636. The highest BCUT2D eigenvalue weighted by Gasteiger charge is 2.09. The van der Waals surface area contributed by atoms with Gasteiger partial charge in [-0.3, -0.25) is 4.79 Å². The quantitative estimate of drug-likeness (QED) is 0.509. The van der Waals surface area contributed by atoms with E-state index in [1.165, 1.54) is 0 Å². The minimum atomic E-state index is -0.919. The molecule has 112 valence electrons. The largest absolute Gasteiger partial charge is 0.480 e. The van der Waals surface area contributed by atoms with E-state index in [-0.39, 0.29) is 24.8 Å². The third kappa shape index (κ3) is 9.72. The number of carbonyl (C=O) groups is 1. The maximum atomic E-state index is 10.4. The molecule has 1 atom stereocenters. The zero-order valence-electron chi connectivity index (χ0n) is 10.7. The Morgan fingerprint density at radius 1 is 1.42 bits per heavy atom. The number of nitrogens with one attached hydrogen (secondary N) is 2. The first-order chi connectivity index (χ1) is 8.20. The van der Waals surface area contributed by atoms with Crippen LogP contribution in [0.1, 0.15) is 25.0 Å². The third-order valence-corrected chi connectivity index (χ3v) is 2.56. The van der Waals surface area contributed by atoms with E-state index in [2.05, 4.69) is 15.3 Å². The van der Waals surface area contributed by atoms with Gasteiger partial charge in [0.15, 0.2) is 0 Å². The molecule has 0 aliphatic rings. The van der Waals surface area contributed by atoms with Gasteiger partial charge in [0, 0.05) is 24.9 Å². The van der Waals surface area contributed by atoms with Gasteiger partial charge in [-0.2, -0.15) is 0 Å². The molecule has 0 fully saturated rings. The molecule has 1 rings (SSSR count). The molecular formula is C11H22Cl2N4O2. The summed E-state index contributed by atoms with van der Waals surface area (Å²) in [5, 5.41) is 11.9. The molecule has 1 aromatic rings. The van der Waals surface area contributed by atoms with E-state index in [0.29, 0.717) is 6.42 Å². The highest BCUT2D eigenvalue weighted by Crippen LogP contribution is 1.98. The second-order valence-electron chi connectivity index (χ2n) is 4.02. The molecule has 19 heavy (non-hydrogen) atoms. The smallest absolute Gasteiger partial charge is 0.320 e. The van der Waals surface area contributed by atoms with Crippen LogP contribution in [0, 0.1) is 0 Å². The molecule has 8 heteroatoms. The van der Waals surface area contributed by atoms with Gasteiger partial charge in [-0.1, -0.05) is 6.42 Å².